The molecule has 3 nitrogen and oxygen atoms in total. The van der Waals surface area contributed by atoms with Gasteiger partial charge in [0.1, 0.15) is 6.04 Å². The van der Waals surface area contributed by atoms with E-state index >= 15 is 0 Å². The predicted molar refractivity (Wildman–Crippen MR) is 29.5 cm³/mol. The summed E-state index contributed by atoms with van der Waals surface area (Å²) >= 11 is 0. The smallest absolute Gasteiger partial charge is 0.223 e. The van der Waals surface area contributed by atoms with E-state index in [1.54, 1.807) is 24.3 Å². The molecule has 0 aromatic rings. The zero-order chi connectivity index (χ0) is 5.98. The third-order valence-corrected chi connectivity index (χ3v) is 1.09. The Hall–Kier alpha value is -0.830. The lowest BCUT2D eigenvalue weighted by Gasteiger charge is -2.11. The maximum atomic E-state index is 9.96. The second-order valence-electron chi connectivity index (χ2n) is 1.66. The van der Waals surface area contributed by atoms with Crippen LogP contribution in [0.3, 0.4) is 0 Å². The third-order valence-electron chi connectivity index (χ3n) is 1.09. The summed E-state index contributed by atoms with van der Waals surface area (Å²) in [5, 5.41) is 1.67. The van der Waals surface area contributed by atoms with Crippen molar-refractivity contribution in [2.45, 2.75) is 6.04 Å². The summed E-state index contributed by atoms with van der Waals surface area (Å²) in [6.07, 6.45) is 5.30. The molecular weight excluding hydrogens is 104 g/mol. The van der Waals surface area contributed by atoms with Crippen LogP contribution in [0, 0.1) is 0 Å². The zero-order valence-corrected chi connectivity index (χ0v) is 4.59. The highest BCUT2D eigenvalue weighted by Gasteiger charge is 2.13. The van der Waals surface area contributed by atoms with Crippen LogP contribution in [0.2, 0.25) is 0 Å². The lowest BCUT2D eigenvalue weighted by molar-refractivity contribution is 0.292. The molecule has 0 spiro atoms. The fourth-order valence-corrected chi connectivity index (χ4v) is 0.579. The highest BCUT2D eigenvalue weighted by Crippen LogP contribution is 1.96. The minimum atomic E-state index is -0.199. The Balaban J connectivity index is 2.52. The third kappa shape index (κ3) is 0.721. The van der Waals surface area contributed by atoms with E-state index in [0.29, 0.717) is 0 Å². The van der Waals surface area contributed by atoms with Crippen LogP contribution in [-0.4, -0.2) is 24.4 Å². The van der Waals surface area contributed by atoms with Crippen molar-refractivity contribution in [1.82, 2.24) is 10.4 Å². The molecule has 43 valence electrons. The number of hydrogen-bond donors (Lipinski definition) is 1. The summed E-state index contributed by atoms with van der Waals surface area (Å²) in [6, 6.07) is -0.199. The summed E-state index contributed by atoms with van der Waals surface area (Å²) < 4.78 is 0. The first kappa shape index (κ1) is 5.31. The van der Waals surface area contributed by atoms with Crippen molar-refractivity contribution < 1.29 is 4.79 Å². The molecule has 0 aliphatic carbocycles. The molecule has 8 heavy (non-hydrogen) atoms. The molecule has 0 saturated carbocycles. The Kier molecular flexibility index (Phi) is 1.30. The number of hydrogen-bond acceptors (Lipinski definition) is 3. The molecule has 0 aromatic heterocycles. The van der Waals surface area contributed by atoms with Crippen LogP contribution in [0.1, 0.15) is 0 Å². The molecule has 1 aliphatic rings. The van der Waals surface area contributed by atoms with Crippen molar-refractivity contribution >= 4 is 6.29 Å². The lowest BCUT2D eigenvalue weighted by Crippen LogP contribution is -2.33. The van der Waals surface area contributed by atoms with Gasteiger partial charge in [-0.05, 0) is 6.08 Å². The predicted octanol–water partition coefficient (Wildman–Crippen LogP) is -0.572. The maximum Gasteiger partial charge on any atom is 0.223 e. The van der Waals surface area contributed by atoms with Gasteiger partial charge in [-0.3, -0.25) is 4.79 Å². The second-order valence-corrected chi connectivity index (χ2v) is 1.66. The van der Waals surface area contributed by atoms with Crippen molar-refractivity contribution in [2.75, 3.05) is 7.05 Å². The van der Waals surface area contributed by atoms with Gasteiger partial charge in [-0.15, -0.1) is 0 Å². The number of carbonyl (C=O) groups excluding carboxylic acids is 1. The standard InChI is InChI=1S/C5H7N2O/c1-7-5(4-8)2-3-6-7/h2-3,5-6H,1H3. The molecule has 0 saturated heterocycles. The molecule has 1 rings (SSSR count). The molecule has 1 N–H and O–H groups in total. The maximum absolute atomic E-state index is 9.96. The highest BCUT2D eigenvalue weighted by atomic mass is 16.1. The summed E-state index contributed by atoms with van der Waals surface area (Å²) in [4.78, 5) is 9.96. The van der Waals surface area contributed by atoms with Gasteiger partial charge >= 0.3 is 0 Å². The van der Waals surface area contributed by atoms with Crippen molar-refractivity contribution in [3.63, 3.8) is 0 Å². The Labute approximate surface area is 47.9 Å². The monoisotopic (exact) mass is 111 g/mol. The molecule has 0 amide bonds. The first-order valence-electron chi connectivity index (χ1n) is 2.38. The Morgan fingerprint density at radius 3 is 2.88 bits per heavy atom. The molecule has 3 heteroatoms. The number of rotatable bonds is 1. The van der Waals surface area contributed by atoms with E-state index in [0.717, 1.165) is 0 Å². The Bertz CT molecular complexity index is 122. The highest BCUT2D eigenvalue weighted by molar-refractivity contribution is 5.62. The van der Waals surface area contributed by atoms with Crippen molar-refractivity contribution in [1.29, 1.82) is 0 Å². The first-order valence-corrected chi connectivity index (χ1v) is 2.38. The van der Waals surface area contributed by atoms with Gasteiger partial charge in [0.05, 0.1) is 0 Å². The van der Waals surface area contributed by atoms with Crippen LogP contribution in [0.4, 0.5) is 0 Å². The quantitative estimate of drug-likeness (QED) is 0.491. The minimum Gasteiger partial charge on any atom is -0.326 e. The molecule has 1 unspecified atom stereocenters. The van der Waals surface area contributed by atoms with Gasteiger partial charge in [0.25, 0.3) is 0 Å². The number of hydrazine groups is 1. The molecule has 0 fully saturated rings. The van der Waals surface area contributed by atoms with E-state index in [2.05, 4.69) is 5.43 Å². The van der Waals surface area contributed by atoms with Gasteiger partial charge in [0, 0.05) is 13.2 Å². The molecule has 1 heterocycles. The fraction of sp³-hybridized carbons (Fsp3) is 0.400. The van der Waals surface area contributed by atoms with E-state index in [-0.39, 0.29) is 6.04 Å². The largest absolute Gasteiger partial charge is 0.326 e. The summed E-state index contributed by atoms with van der Waals surface area (Å²) in [7, 11) is 1.79. The minimum absolute atomic E-state index is 0.199. The van der Waals surface area contributed by atoms with Crippen molar-refractivity contribution in [2.24, 2.45) is 0 Å². The number of likely N-dealkylation sites (N-methyl/N-ethyl adjacent to an activating group) is 1. The van der Waals surface area contributed by atoms with E-state index < -0.39 is 0 Å². The number of nitrogens with one attached hydrogen (secondary N) is 1. The van der Waals surface area contributed by atoms with Crippen molar-refractivity contribution in [3.05, 3.63) is 12.3 Å². The van der Waals surface area contributed by atoms with Gasteiger partial charge in [-0.1, -0.05) is 0 Å². The zero-order valence-electron chi connectivity index (χ0n) is 4.59. The van der Waals surface area contributed by atoms with Gasteiger partial charge < -0.3 is 5.43 Å². The van der Waals surface area contributed by atoms with Crippen LogP contribution < -0.4 is 5.43 Å². The second kappa shape index (κ2) is 1.96. The average molecular weight is 111 g/mol. The van der Waals surface area contributed by atoms with Crippen LogP contribution in [0.5, 0.6) is 0 Å². The van der Waals surface area contributed by atoms with E-state index in [4.69, 9.17) is 0 Å². The molecule has 0 aromatic carbocycles. The molecule has 1 radical (unpaired) electrons. The fourth-order valence-electron chi connectivity index (χ4n) is 0.579. The number of nitrogens with zero attached hydrogens (tertiary/aromatic N) is 1. The van der Waals surface area contributed by atoms with Gasteiger partial charge in [0.15, 0.2) is 0 Å². The average Bonchev–Trinajstić information content (AvgIpc) is 2.14. The summed E-state index contributed by atoms with van der Waals surface area (Å²) in [5.74, 6) is 0. The lowest BCUT2D eigenvalue weighted by atomic mass is 10.3. The summed E-state index contributed by atoms with van der Waals surface area (Å²) in [5.41, 5.74) is 2.81. The van der Waals surface area contributed by atoms with Crippen LogP contribution in [0.15, 0.2) is 12.3 Å². The topological polar surface area (TPSA) is 32.3 Å². The van der Waals surface area contributed by atoms with Crippen molar-refractivity contribution in [3.8, 4) is 0 Å². The SMILES string of the molecule is CN1NC=CC1[C]=O. The van der Waals surface area contributed by atoms with Gasteiger partial charge in [-0.2, -0.15) is 0 Å². The molecule has 1 atom stereocenters. The van der Waals surface area contributed by atoms with Gasteiger partial charge in [-0.25, -0.2) is 5.01 Å². The summed E-state index contributed by atoms with van der Waals surface area (Å²) in [6.45, 7) is 0. The van der Waals surface area contributed by atoms with E-state index in [1.165, 1.54) is 0 Å². The Morgan fingerprint density at radius 2 is 2.62 bits per heavy atom. The van der Waals surface area contributed by atoms with Crippen LogP contribution in [-0.2, 0) is 4.79 Å². The molecule has 0 bridgehead atoms. The van der Waals surface area contributed by atoms with E-state index in [9.17, 15) is 4.79 Å². The van der Waals surface area contributed by atoms with Gasteiger partial charge in [0.2, 0.25) is 6.29 Å². The van der Waals surface area contributed by atoms with E-state index in [1.807, 2.05) is 6.29 Å². The first-order chi connectivity index (χ1) is 3.84. The van der Waals surface area contributed by atoms with Crippen LogP contribution >= 0.6 is 0 Å². The normalized spacial score (nSPS) is 27.9. The molecule has 1 aliphatic heterocycles. The molecular formula is C5H7N2O. The Morgan fingerprint density at radius 1 is 1.88 bits per heavy atom. The van der Waals surface area contributed by atoms with Crippen LogP contribution in [0.25, 0.3) is 0 Å².